The Balaban J connectivity index is -0.0000000793. The van der Waals surface area contributed by atoms with Crippen LogP contribution in [-0.2, 0) is 57.4 Å². The number of aromatic hydroxyl groups is 1. The molecule has 135 heavy (non-hydrogen) atoms. The van der Waals surface area contributed by atoms with Crippen LogP contribution in [0.15, 0.2) is 102 Å². The molecule has 7 N–H and O–H groups in total. The summed E-state index contributed by atoms with van der Waals surface area (Å²) in [7, 11) is 30.5. The molecule has 2 amide bonds. The van der Waals surface area contributed by atoms with Crippen LogP contribution < -0.4 is 16.5 Å². The number of guanidine groups is 1. The molecule has 0 saturated carbocycles. The minimum absolute atomic E-state index is 0. The Morgan fingerprint density at radius 1 is 0.541 bits per heavy atom. The molecule has 4 aromatic rings. The van der Waals surface area contributed by atoms with Crippen molar-refractivity contribution in [2.45, 2.75) is 381 Å². The van der Waals surface area contributed by atoms with Gasteiger partial charge in [0, 0.05) is 105 Å². The van der Waals surface area contributed by atoms with E-state index in [4.69, 9.17) is 21.3 Å². The van der Waals surface area contributed by atoms with Crippen molar-refractivity contribution in [3.8, 4) is 5.75 Å². The zero-order valence-corrected chi connectivity index (χ0v) is 99.5. The van der Waals surface area contributed by atoms with E-state index >= 15 is 0 Å². The Morgan fingerprint density at radius 3 is 1.16 bits per heavy atom. The molecule has 0 radical (unpaired) electrons. The average Bonchev–Trinajstić information content (AvgIpc) is 1.70. The number of likely N-dealkylation sites (tertiary alicyclic amines) is 1. The molecule has 22 heteroatoms. The van der Waals surface area contributed by atoms with Gasteiger partial charge in [0.15, 0.2) is 6.34 Å². The maximum absolute atomic E-state index is 10.7. The lowest BCUT2D eigenvalue weighted by molar-refractivity contribution is -0.900. The minimum Gasteiger partial charge on any atom is -0.508 e. The number of allylic oxidation sites excluding steroid dienone is 1. The van der Waals surface area contributed by atoms with E-state index in [1.807, 2.05) is 103 Å². The summed E-state index contributed by atoms with van der Waals surface area (Å²) in [4.78, 5) is 59.2. The highest BCUT2D eigenvalue weighted by atomic mass is 32.2. The van der Waals surface area contributed by atoms with Gasteiger partial charge in [-0.3, -0.25) is 40.1 Å². The van der Waals surface area contributed by atoms with Crippen LogP contribution in [0.3, 0.4) is 0 Å². The molecule has 2 aliphatic heterocycles. The fourth-order valence-electron chi connectivity index (χ4n) is 8.06. The summed E-state index contributed by atoms with van der Waals surface area (Å²) in [5.74, 6) is 5.92. The molecule has 1 atom stereocenters. The number of esters is 2. The largest absolute Gasteiger partial charge is 0.508 e. The maximum Gasteiger partial charge on any atom is 0.338 e. The van der Waals surface area contributed by atoms with Crippen LogP contribution in [0, 0.1) is 17.8 Å². The van der Waals surface area contributed by atoms with Crippen molar-refractivity contribution in [1.29, 1.82) is 0 Å². The molecule has 6 rings (SSSR count). The molecule has 0 aliphatic carbocycles. The Morgan fingerprint density at radius 2 is 0.956 bits per heavy atom. The number of carbonyl (C=O) groups is 4. The summed E-state index contributed by atoms with van der Waals surface area (Å²) in [6.45, 7) is 69.0. The average molecular weight is 1960 g/mol. The van der Waals surface area contributed by atoms with Crippen molar-refractivity contribution >= 4 is 70.5 Å². The summed E-state index contributed by atoms with van der Waals surface area (Å²) in [6.07, 6.45) is 37.6. The topological polar surface area (TPSA) is 233 Å². The molecule has 0 bridgehead atoms. The summed E-state index contributed by atoms with van der Waals surface area (Å²) >= 11 is 3.76. The van der Waals surface area contributed by atoms with Gasteiger partial charge in [-0.1, -0.05) is 299 Å². The van der Waals surface area contributed by atoms with Crippen LogP contribution in [0.2, 0.25) is 0 Å². The number of amides is 2. The van der Waals surface area contributed by atoms with E-state index in [0.717, 1.165) is 86.4 Å². The van der Waals surface area contributed by atoms with Crippen molar-refractivity contribution in [3.63, 3.8) is 0 Å². The number of phenolic OH excluding ortho intramolecular Hbond substituents is 1. The number of quaternary nitrogens is 2. The molecular weight excluding hydrogens is 1720 g/mol. The lowest BCUT2D eigenvalue weighted by atomic mass is 10.1. The molecule has 1 fully saturated rings. The molecular formula is C113H238N11O9S2+3. The number of para-hydroxylation sites is 1. The van der Waals surface area contributed by atoms with Gasteiger partial charge in [0.1, 0.15) is 11.9 Å². The van der Waals surface area contributed by atoms with E-state index < -0.39 is 0 Å². The summed E-state index contributed by atoms with van der Waals surface area (Å²) in [5.41, 5.74) is 16.7. The van der Waals surface area contributed by atoms with Crippen LogP contribution >= 0.6 is 23.5 Å². The Bertz CT molecular complexity index is 2930. The van der Waals surface area contributed by atoms with E-state index in [1.54, 1.807) is 71.3 Å². The Hall–Kier alpha value is -5.98. The fourth-order valence-corrected chi connectivity index (χ4v) is 8.47. The number of rotatable bonds is 28. The number of aromatic amines is 1. The fraction of sp³-hybridized carbons (Fsp3) is 0.752. The number of phenols is 1. The number of nitrogens with zero attached hydrogens (tertiary/aromatic N) is 7. The van der Waals surface area contributed by atoms with Crippen molar-refractivity contribution in [2.75, 3.05) is 170 Å². The number of aliphatic imine (C=N–C) groups is 1. The summed E-state index contributed by atoms with van der Waals surface area (Å²) < 4.78 is 19.9. The first-order valence-electron chi connectivity index (χ1n) is 51.2. The monoisotopic (exact) mass is 1960 g/mol. The zero-order valence-electron chi connectivity index (χ0n) is 97.9. The highest BCUT2D eigenvalue weighted by Gasteiger charge is 2.29. The van der Waals surface area contributed by atoms with E-state index in [1.165, 1.54) is 167 Å². The van der Waals surface area contributed by atoms with Gasteiger partial charge in [-0.25, -0.2) is 4.99 Å². The number of H-pyrrole nitrogens is 1. The number of aryl methyl sites for hydroxylation is 3. The van der Waals surface area contributed by atoms with Crippen LogP contribution in [0.4, 0.5) is 0 Å². The number of benzene rings is 3. The van der Waals surface area contributed by atoms with Gasteiger partial charge in [-0.2, -0.15) is 23.5 Å². The first kappa shape index (κ1) is 166. The number of carbonyl (C=O) groups excluding carboxylic acids is 4. The van der Waals surface area contributed by atoms with Crippen LogP contribution in [0.5, 0.6) is 5.75 Å². The van der Waals surface area contributed by atoms with E-state index in [-0.39, 0.29) is 31.2 Å². The summed E-state index contributed by atoms with van der Waals surface area (Å²) in [6, 6.07) is 27.0. The number of unbranched alkanes of at least 4 members (excludes halogenated alkanes) is 5. The normalized spacial score (nSPS) is 11.4. The van der Waals surface area contributed by atoms with Crippen LogP contribution in [-0.4, -0.2) is 257 Å². The molecule has 0 spiro atoms. The SMILES string of the molecule is C.CC.CC(C)C.CC1CCC[N+]1(C)C.CCC(=O)N(C)C.CCC(=O)OC.CCC(C)C.CCC(C)C.CCC1=C[N+](C)(C)C=N1.CCCC.CCCC(=O)N(C)C.CCCC(=O)OC.CCCCCN(C)C.CCCCN(C)C.CCCC[NH+]=C(N)N.CCCSC.CCOC.CCSC.CCc1c[nH]c2ccccc12.CCc1ccc(O)cc1.CCc1ccccc1.COC(C)C. The van der Waals surface area contributed by atoms with E-state index in [2.05, 4.69) is 314 Å². The second-order valence-corrected chi connectivity index (χ2v) is 37.2. The number of nitrogens with two attached hydrogens (primary N) is 2. The van der Waals surface area contributed by atoms with Gasteiger partial charge >= 0.3 is 17.9 Å². The first-order chi connectivity index (χ1) is 62.9. The third kappa shape index (κ3) is 165. The van der Waals surface area contributed by atoms with Gasteiger partial charge in [0.2, 0.25) is 11.8 Å². The molecule has 1 saturated heterocycles. The number of thioether (sulfide) groups is 2. The van der Waals surface area contributed by atoms with Crippen molar-refractivity contribution in [3.05, 3.63) is 114 Å². The van der Waals surface area contributed by atoms with Crippen LogP contribution in [0.1, 0.15) is 367 Å². The lowest BCUT2D eigenvalue weighted by Crippen LogP contribution is -2.78. The number of fused-ring (bicyclic) bond motifs is 1. The van der Waals surface area contributed by atoms with Gasteiger partial charge < -0.3 is 53.1 Å². The third-order valence-corrected chi connectivity index (χ3v) is 19.5. The second kappa shape index (κ2) is 132. The minimum atomic E-state index is -0.157. The highest BCUT2D eigenvalue weighted by Crippen LogP contribution is 2.21. The summed E-state index contributed by atoms with van der Waals surface area (Å²) in [5, 5.41) is 10.2. The predicted octanol–water partition coefficient (Wildman–Crippen LogP) is 27.7. The Kier molecular flexibility index (Phi) is 162. The van der Waals surface area contributed by atoms with Gasteiger partial charge in [-0.15, -0.1) is 0 Å². The Labute approximate surface area is 851 Å². The number of methoxy groups -OCH3 is 4. The van der Waals surface area contributed by atoms with Crippen molar-refractivity contribution in [1.82, 2.24) is 24.6 Å². The molecule has 808 valence electrons. The standard InChI is InChI=1S/C10H11N.C8H10O.C8H10.C7H13N2.C7H16N.C7H17N.C6H13NO.C6H15N.C5H13N3.C5H11NO.C5H10O2.2C5H12.C4H8O2.C4H10O.C4H10S.2C4H10.C3H8O.C3H8S.C2H6.CH4/c1-2-8-7-11-10-6-4-3-5-9(8)10;1-2-7-3-5-8(9)6-4-7;1-2-8-6-4-3-5-7-8;1-4-7-5-9(2,3)6-8-7;1-7-5-4-6-8(7,2)3;1-4-5-6-7-8(2)3;1-4-5-6(8)7(2)3;1-4-5-6-7(2)3;1-2-3-4-8-5(6)7;1-4-5(7)6(2)3;1-3-4-5(6)7-2;2*1-4-5(2)3;1-3-4(5)6-2;1-4(2)5-3;1-3-4-5-2;1-4(2)3;3*1-3-4-2;1-2;/h3-7,11H,2H2,1H3;3-6,9H,2H2,1H3;3-7H,2H2,1H3;5-6H,4H2,1-3H3;7H,4-6H2,1-3H3;4-7H2,1-3H3;4-5H2,1-3H3;4-6H2,1-3H3;2-4H2,1H3,(H4,6,7,8);4H2,1-3H3;3-4H2,1-2H3;2*5H,4H2,1-3H3;3H2,1-2H3;4H,1-3H3;3-4H2,1-2H3;4H,1-3H3;3-4H2,1-2H3;2*3H2,1-2H3;1-2H3;1H4/q;;;2*+1;;;;;;;;;;;;;;;;;/p+1. The predicted molar refractivity (Wildman–Crippen MR) is 615 cm³/mol. The highest BCUT2D eigenvalue weighted by molar-refractivity contribution is 7.98. The molecule has 1 aromatic heterocycles. The number of aromatic nitrogens is 1. The van der Waals surface area contributed by atoms with E-state index in [0.29, 0.717) is 43.5 Å². The maximum atomic E-state index is 10.7. The van der Waals surface area contributed by atoms with Gasteiger partial charge in [-0.05, 0) is 210 Å². The lowest BCUT2D eigenvalue weighted by Gasteiger charge is -2.28. The molecule has 20 nitrogen and oxygen atoms in total. The third-order valence-electron chi connectivity index (χ3n) is 18.1. The quantitative estimate of drug-likeness (QED) is 0.0117. The number of nitrogens with one attached hydrogen (secondary N) is 2. The van der Waals surface area contributed by atoms with Crippen molar-refractivity contribution < 1.29 is 57.2 Å². The van der Waals surface area contributed by atoms with Gasteiger partial charge in [0.25, 0.3) is 0 Å². The van der Waals surface area contributed by atoms with Crippen molar-refractivity contribution in [2.24, 2.45) is 34.2 Å². The smallest absolute Gasteiger partial charge is 0.338 e. The van der Waals surface area contributed by atoms with Crippen LogP contribution in [0.25, 0.3) is 10.9 Å². The second-order valence-electron chi connectivity index (χ2n) is 35.0. The van der Waals surface area contributed by atoms with E-state index in [9.17, 15) is 19.2 Å². The molecule has 3 aromatic carbocycles. The number of hydrogen-bond acceptors (Lipinski definition) is 14. The number of ether oxygens (including phenoxy) is 4. The van der Waals surface area contributed by atoms with Gasteiger partial charge in [0.05, 0.1) is 73.3 Å². The first-order valence-corrected chi connectivity index (χ1v) is 54.0. The molecule has 3 heterocycles. The number of hydrogen-bond donors (Lipinski definition) is 5. The molecule has 1 unspecified atom stereocenters. The molecule has 2 aliphatic rings. The zero-order chi connectivity index (χ0) is 108.